The van der Waals surface area contributed by atoms with Crippen molar-refractivity contribution >= 4 is 15.2 Å². The van der Waals surface area contributed by atoms with Gasteiger partial charge in [-0.15, -0.1) is 0 Å². The first-order valence-corrected chi connectivity index (χ1v) is 5.26. The third kappa shape index (κ3) is 3.81. The van der Waals surface area contributed by atoms with Crippen molar-refractivity contribution in [1.82, 2.24) is 0 Å². The van der Waals surface area contributed by atoms with Gasteiger partial charge in [-0.2, -0.15) is 8.42 Å². The van der Waals surface area contributed by atoms with Crippen molar-refractivity contribution in [2.24, 2.45) is 0 Å². The maximum atomic E-state index is 10.7. The fraction of sp³-hybridized carbons (Fsp3) is 0.833. The first-order chi connectivity index (χ1) is 6.59. The predicted octanol–water partition coefficient (Wildman–Crippen LogP) is -3.14. The SMILES string of the molecule is C[C@H](O)[C@H](O)[C@@H](O)[C@@H](O)C(=O)S(=O)(=O)O. The zero-order chi connectivity index (χ0) is 12.4. The molecule has 0 spiro atoms. The maximum Gasteiger partial charge on any atom is 0.331 e. The second-order valence-corrected chi connectivity index (χ2v) is 4.31. The molecule has 0 rings (SSSR count). The Kier molecular flexibility index (Phi) is 4.77. The largest absolute Gasteiger partial charge is 0.391 e. The molecule has 0 aromatic carbocycles. The van der Waals surface area contributed by atoms with Gasteiger partial charge in [-0.05, 0) is 6.92 Å². The van der Waals surface area contributed by atoms with Crippen LogP contribution in [0.5, 0.6) is 0 Å². The van der Waals surface area contributed by atoms with Gasteiger partial charge in [0.2, 0.25) is 0 Å². The third-order valence-electron chi connectivity index (χ3n) is 1.66. The fourth-order valence-corrected chi connectivity index (χ4v) is 1.21. The van der Waals surface area contributed by atoms with Crippen LogP contribution in [0.15, 0.2) is 0 Å². The number of carbonyl (C=O) groups is 1. The van der Waals surface area contributed by atoms with E-state index >= 15 is 0 Å². The summed E-state index contributed by atoms with van der Waals surface area (Å²) < 4.78 is 28.8. The van der Waals surface area contributed by atoms with Gasteiger partial charge < -0.3 is 20.4 Å². The molecule has 0 heterocycles. The Hall–Kier alpha value is -0.580. The standard InChI is InChI=1S/C6H12O8S/c1-2(7)3(8)4(9)5(10)6(11)15(12,13)14/h2-5,7-10H,1H3,(H,12,13,14)/t2-,3-,4+,5+/m0/s1. The lowest BCUT2D eigenvalue weighted by Gasteiger charge is -2.22. The molecule has 0 aliphatic carbocycles. The van der Waals surface area contributed by atoms with Gasteiger partial charge in [0.1, 0.15) is 12.2 Å². The van der Waals surface area contributed by atoms with E-state index in [2.05, 4.69) is 0 Å². The van der Waals surface area contributed by atoms with Crippen molar-refractivity contribution < 1.29 is 38.2 Å². The zero-order valence-electron chi connectivity index (χ0n) is 7.68. The lowest BCUT2D eigenvalue weighted by Crippen LogP contribution is -2.48. The minimum atomic E-state index is -5.15. The average Bonchev–Trinajstić information content (AvgIpc) is 2.11. The van der Waals surface area contributed by atoms with Crippen LogP contribution < -0.4 is 0 Å². The number of carbonyl (C=O) groups excluding carboxylic acids is 1. The molecule has 0 bridgehead atoms. The number of aliphatic hydroxyl groups excluding tert-OH is 4. The van der Waals surface area contributed by atoms with Crippen LogP contribution in [-0.2, 0) is 14.9 Å². The van der Waals surface area contributed by atoms with Crippen molar-refractivity contribution in [3.05, 3.63) is 0 Å². The second kappa shape index (κ2) is 4.96. The molecule has 0 fully saturated rings. The molecule has 8 nitrogen and oxygen atoms in total. The minimum absolute atomic E-state index is 1.05. The summed E-state index contributed by atoms with van der Waals surface area (Å²) in [6.45, 7) is 1.05. The third-order valence-corrected chi connectivity index (χ3v) is 2.41. The fourth-order valence-electron chi connectivity index (χ4n) is 0.764. The monoisotopic (exact) mass is 244 g/mol. The smallest absolute Gasteiger partial charge is 0.331 e. The second-order valence-electron chi connectivity index (χ2n) is 2.96. The molecule has 0 aromatic rings. The Balaban J connectivity index is 4.73. The summed E-state index contributed by atoms with van der Waals surface area (Å²) >= 11 is 0. The Morgan fingerprint density at radius 1 is 1.07 bits per heavy atom. The molecule has 5 N–H and O–H groups in total. The predicted molar refractivity (Wildman–Crippen MR) is 46.3 cm³/mol. The molecular formula is C6H12O8S. The zero-order valence-corrected chi connectivity index (χ0v) is 8.49. The lowest BCUT2D eigenvalue weighted by molar-refractivity contribution is -0.136. The first kappa shape index (κ1) is 14.4. The summed E-state index contributed by atoms with van der Waals surface area (Å²) in [6, 6.07) is 0. The van der Waals surface area contributed by atoms with E-state index in [-0.39, 0.29) is 0 Å². The highest BCUT2D eigenvalue weighted by molar-refractivity contribution is 8.01. The van der Waals surface area contributed by atoms with Crippen molar-refractivity contribution in [1.29, 1.82) is 0 Å². The Morgan fingerprint density at radius 3 is 1.73 bits per heavy atom. The lowest BCUT2D eigenvalue weighted by atomic mass is 10.1. The van der Waals surface area contributed by atoms with Gasteiger partial charge >= 0.3 is 15.2 Å². The topological polar surface area (TPSA) is 152 Å². The minimum Gasteiger partial charge on any atom is -0.391 e. The highest BCUT2D eigenvalue weighted by atomic mass is 32.2. The van der Waals surface area contributed by atoms with Crippen LogP contribution in [0, 0.1) is 0 Å². The summed E-state index contributed by atoms with van der Waals surface area (Å²) in [7, 11) is -5.15. The molecule has 0 radical (unpaired) electrons. The molecular weight excluding hydrogens is 232 g/mol. The van der Waals surface area contributed by atoms with Crippen LogP contribution in [-0.4, -0.2) is 62.9 Å². The van der Waals surface area contributed by atoms with Crippen molar-refractivity contribution in [2.75, 3.05) is 0 Å². The molecule has 0 unspecified atom stereocenters. The van der Waals surface area contributed by atoms with Crippen LogP contribution in [0.1, 0.15) is 6.92 Å². The molecule has 0 saturated carbocycles. The average molecular weight is 244 g/mol. The van der Waals surface area contributed by atoms with E-state index in [9.17, 15) is 13.2 Å². The Bertz CT molecular complexity index is 320. The summed E-state index contributed by atoms with van der Waals surface area (Å²) in [5.74, 6) is 0. The number of rotatable bonds is 4. The van der Waals surface area contributed by atoms with E-state index in [0.717, 1.165) is 6.92 Å². The van der Waals surface area contributed by atoms with Gasteiger partial charge in [-0.1, -0.05) is 0 Å². The van der Waals surface area contributed by atoms with E-state index in [4.69, 9.17) is 25.0 Å². The van der Waals surface area contributed by atoms with Crippen LogP contribution in [0.25, 0.3) is 0 Å². The summed E-state index contributed by atoms with van der Waals surface area (Å²) in [6.07, 6.45) is -8.13. The summed E-state index contributed by atoms with van der Waals surface area (Å²) in [4.78, 5) is 10.7. The van der Waals surface area contributed by atoms with Crippen molar-refractivity contribution in [3.63, 3.8) is 0 Å². The Labute approximate surface area is 85.5 Å². The van der Waals surface area contributed by atoms with E-state index in [0.29, 0.717) is 0 Å². The number of hydrogen-bond acceptors (Lipinski definition) is 7. The normalized spacial score (nSPS) is 20.4. The highest BCUT2D eigenvalue weighted by Crippen LogP contribution is 2.07. The molecule has 0 aliphatic rings. The van der Waals surface area contributed by atoms with Crippen LogP contribution in [0.4, 0.5) is 0 Å². The molecule has 0 saturated heterocycles. The van der Waals surface area contributed by atoms with Crippen molar-refractivity contribution in [3.8, 4) is 0 Å². The van der Waals surface area contributed by atoms with E-state index in [1.165, 1.54) is 0 Å². The maximum absolute atomic E-state index is 10.7. The van der Waals surface area contributed by atoms with Crippen LogP contribution >= 0.6 is 0 Å². The van der Waals surface area contributed by atoms with Gasteiger partial charge in [0.15, 0.2) is 6.10 Å². The first-order valence-electron chi connectivity index (χ1n) is 3.82. The van der Waals surface area contributed by atoms with Gasteiger partial charge in [0, 0.05) is 0 Å². The molecule has 9 heteroatoms. The highest BCUT2D eigenvalue weighted by Gasteiger charge is 2.38. The molecule has 0 aliphatic heterocycles. The summed E-state index contributed by atoms with van der Waals surface area (Å²) in [5, 5.41) is 33.7. The van der Waals surface area contributed by atoms with Crippen LogP contribution in [0.3, 0.4) is 0 Å². The van der Waals surface area contributed by atoms with E-state index in [1.54, 1.807) is 0 Å². The molecule has 15 heavy (non-hydrogen) atoms. The van der Waals surface area contributed by atoms with Gasteiger partial charge in [0.25, 0.3) is 0 Å². The van der Waals surface area contributed by atoms with E-state index in [1.807, 2.05) is 0 Å². The molecule has 0 aromatic heterocycles. The van der Waals surface area contributed by atoms with Crippen LogP contribution in [0.2, 0.25) is 0 Å². The molecule has 4 atom stereocenters. The van der Waals surface area contributed by atoms with Gasteiger partial charge in [-0.25, -0.2) is 0 Å². The Morgan fingerprint density at radius 2 is 1.47 bits per heavy atom. The van der Waals surface area contributed by atoms with Crippen molar-refractivity contribution in [2.45, 2.75) is 31.3 Å². The summed E-state index contributed by atoms with van der Waals surface area (Å²) in [5.41, 5.74) is 0. The number of hydrogen-bond donors (Lipinski definition) is 5. The molecule has 90 valence electrons. The van der Waals surface area contributed by atoms with Gasteiger partial charge in [0.05, 0.1) is 6.10 Å². The van der Waals surface area contributed by atoms with Gasteiger partial charge in [-0.3, -0.25) is 9.35 Å². The number of aliphatic hydroxyl groups is 4. The quantitative estimate of drug-likeness (QED) is 0.325. The molecule has 0 amide bonds. The van der Waals surface area contributed by atoms with E-state index < -0.39 is 39.6 Å².